The minimum absolute atomic E-state index is 0. The SMILES string of the molecule is CCCC[C@H](N)C(=O)N1CCCCOC[C@@H](O)[C@H](O)[C@@H](O)CN(C(=O)c2ccc(F)cc2)CC1.Cl. The predicted molar refractivity (Wildman–Crippen MR) is 132 cm³/mol. The lowest BCUT2D eigenvalue weighted by Crippen LogP contribution is -2.51. The molecule has 0 radical (unpaired) electrons. The van der Waals surface area contributed by atoms with E-state index >= 15 is 0 Å². The Labute approximate surface area is 212 Å². The number of hydrogen-bond acceptors (Lipinski definition) is 7. The van der Waals surface area contributed by atoms with Crippen molar-refractivity contribution in [3.63, 3.8) is 0 Å². The Hall–Kier alpha value is -1.82. The monoisotopic (exact) mass is 519 g/mol. The fourth-order valence-corrected chi connectivity index (χ4v) is 3.81. The number of halogens is 2. The molecule has 0 spiro atoms. The van der Waals surface area contributed by atoms with Crippen molar-refractivity contribution >= 4 is 24.2 Å². The van der Waals surface area contributed by atoms with Gasteiger partial charge in [-0.15, -0.1) is 12.4 Å². The van der Waals surface area contributed by atoms with Crippen LogP contribution in [0.1, 0.15) is 49.4 Å². The number of rotatable bonds is 5. The van der Waals surface area contributed by atoms with Gasteiger partial charge in [-0.25, -0.2) is 4.39 Å². The van der Waals surface area contributed by atoms with Crippen LogP contribution < -0.4 is 5.73 Å². The molecule has 1 aromatic rings. The second-order valence-electron chi connectivity index (χ2n) is 8.74. The molecular weight excluding hydrogens is 481 g/mol. The number of carbonyl (C=O) groups is 2. The van der Waals surface area contributed by atoms with E-state index in [0.29, 0.717) is 32.4 Å². The maximum atomic E-state index is 13.3. The summed E-state index contributed by atoms with van der Waals surface area (Å²) in [7, 11) is 0. The van der Waals surface area contributed by atoms with Crippen LogP contribution in [0.3, 0.4) is 0 Å². The molecule has 1 aliphatic heterocycles. The van der Waals surface area contributed by atoms with Crippen molar-refractivity contribution in [1.82, 2.24) is 9.80 Å². The number of aliphatic hydroxyl groups is 3. The van der Waals surface area contributed by atoms with Gasteiger partial charge in [-0.2, -0.15) is 0 Å². The first kappa shape index (κ1) is 31.2. The molecule has 5 N–H and O–H groups in total. The molecule has 4 atom stereocenters. The molecule has 200 valence electrons. The number of amides is 2. The highest BCUT2D eigenvalue weighted by atomic mass is 35.5. The Morgan fingerprint density at radius 1 is 1.09 bits per heavy atom. The Kier molecular flexibility index (Phi) is 14.3. The van der Waals surface area contributed by atoms with E-state index in [1.807, 2.05) is 6.92 Å². The van der Waals surface area contributed by atoms with Crippen LogP contribution in [0.25, 0.3) is 0 Å². The second kappa shape index (κ2) is 16.0. The second-order valence-corrected chi connectivity index (χ2v) is 8.74. The van der Waals surface area contributed by atoms with E-state index in [2.05, 4.69) is 0 Å². The fraction of sp³-hybridized carbons (Fsp3) is 0.667. The van der Waals surface area contributed by atoms with E-state index in [1.165, 1.54) is 17.0 Å². The first-order valence-electron chi connectivity index (χ1n) is 12.0. The van der Waals surface area contributed by atoms with E-state index in [0.717, 1.165) is 25.0 Å². The van der Waals surface area contributed by atoms with E-state index in [9.17, 15) is 29.3 Å². The lowest BCUT2D eigenvalue weighted by Gasteiger charge is -2.33. The van der Waals surface area contributed by atoms with Crippen LogP contribution in [-0.4, -0.2) is 101 Å². The molecular formula is C24H39ClFN3O6. The number of benzene rings is 1. The van der Waals surface area contributed by atoms with Crippen molar-refractivity contribution < 1.29 is 34.0 Å². The van der Waals surface area contributed by atoms with Gasteiger partial charge in [0, 0.05) is 38.3 Å². The van der Waals surface area contributed by atoms with Gasteiger partial charge in [-0.05, 0) is 43.5 Å². The van der Waals surface area contributed by atoms with E-state index in [-0.39, 0.29) is 50.1 Å². The maximum absolute atomic E-state index is 13.3. The molecule has 0 saturated carbocycles. The first-order valence-corrected chi connectivity index (χ1v) is 12.0. The smallest absolute Gasteiger partial charge is 0.254 e. The van der Waals surface area contributed by atoms with Gasteiger partial charge in [-0.1, -0.05) is 19.8 Å². The minimum atomic E-state index is -1.54. The van der Waals surface area contributed by atoms with Gasteiger partial charge in [0.05, 0.1) is 12.6 Å². The molecule has 11 heteroatoms. The fourth-order valence-electron chi connectivity index (χ4n) is 3.81. The van der Waals surface area contributed by atoms with E-state index < -0.39 is 36.1 Å². The lowest BCUT2D eigenvalue weighted by molar-refractivity contribution is -0.133. The van der Waals surface area contributed by atoms with Crippen LogP contribution in [0.4, 0.5) is 4.39 Å². The molecule has 0 aliphatic carbocycles. The third-order valence-electron chi connectivity index (χ3n) is 5.97. The van der Waals surface area contributed by atoms with Gasteiger partial charge in [0.1, 0.15) is 24.1 Å². The molecule has 2 rings (SSSR count). The molecule has 0 bridgehead atoms. The normalized spacial score (nSPS) is 23.7. The first-order chi connectivity index (χ1) is 16.2. The molecule has 1 heterocycles. The van der Waals surface area contributed by atoms with E-state index in [4.69, 9.17) is 10.5 Å². The largest absolute Gasteiger partial charge is 0.388 e. The predicted octanol–water partition coefficient (Wildman–Crippen LogP) is 0.929. The van der Waals surface area contributed by atoms with Crippen molar-refractivity contribution in [2.75, 3.05) is 39.4 Å². The average molecular weight is 520 g/mol. The summed E-state index contributed by atoms with van der Waals surface area (Å²) in [6.07, 6.45) is -0.739. The van der Waals surface area contributed by atoms with E-state index in [1.54, 1.807) is 4.90 Å². The minimum Gasteiger partial charge on any atom is -0.388 e. The van der Waals surface area contributed by atoms with Gasteiger partial charge in [-0.3, -0.25) is 9.59 Å². The van der Waals surface area contributed by atoms with Crippen LogP contribution in [0.5, 0.6) is 0 Å². The lowest BCUT2D eigenvalue weighted by atomic mass is 10.1. The summed E-state index contributed by atoms with van der Waals surface area (Å²) < 4.78 is 18.7. The zero-order valence-corrected chi connectivity index (χ0v) is 21.0. The van der Waals surface area contributed by atoms with Crippen molar-refractivity contribution in [2.24, 2.45) is 5.73 Å². The highest BCUT2D eigenvalue weighted by Crippen LogP contribution is 2.12. The highest BCUT2D eigenvalue weighted by molar-refractivity contribution is 5.94. The van der Waals surface area contributed by atoms with Crippen LogP contribution >= 0.6 is 12.4 Å². The Morgan fingerprint density at radius 2 is 1.74 bits per heavy atom. The van der Waals surface area contributed by atoms with Gasteiger partial charge >= 0.3 is 0 Å². The maximum Gasteiger partial charge on any atom is 0.254 e. The molecule has 0 unspecified atom stereocenters. The van der Waals surface area contributed by atoms with Crippen LogP contribution in [0.2, 0.25) is 0 Å². The van der Waals surface area contributed by atoms with Gasteiger partial charge in [0.2, 0.25) is 5.91 Å². The summed E-state index contributed by atoms with van der Waals surface area (Å²) in [5.41, 5.74) is 6.32. The number of nitrogens with zero attached hydrogens (tertiary/aromatic N) is 2. The number of unbranched alkanes of at least 4 members (excludes halogenated alkanes) is 1. The summed E-state index contributed by atoms with van der Waals surface area (Å²) >= 11 is 0. The third-order valence-corrected chi connectivity index (χ3v) is 5.97. The standard InChI is InChI=1S/C24H38FN3O6.ClH/c1-2-3-6-19(26)24(33)27-11-4-5-14-34-16-21(30)22(31)20(29)15-28(13-12-27)23(32)17-7-9-18(25)10-8-17;/h7-10,19-22,29-31H,2-6,11-16,26H2,1H3;1H/t19-,20-,21+,22+;/m0./s1. The molecule has 35 heavy (non-hydrogen) atoms. The van der Waals surface area contributed by atoms with Crippen LogP contribution in [0, 0.1) is 5.82 Å². The average Bonchev–Trinajstić information content (AvgIpc) is 2.83. The number of ether oxygens (including phenoxy) is 1. The molecule has 1 aromatic carbocycles. The highest BCUT2D eigenvalue weighted by Gasteiger charge is 2.30. The Balaban J connectivity index is 0.00000612. The quantitative estimate of drug-likeness (QED) is 0.454. The molecule has 0 aromatic heterocycles. The summed E-state index contributed by atoms with van der Waals surface area (Å²) in [5.74, 6) is -1.19. The summed E-state index contributed by atoms with van der Waals surface area (Å²) in [5, 5.41) is 30.9. The van der Waals surface area contributed by atoms with Gasteiger partial charge in [0.25, 0.3) is 5.91 Å². The molecule has 2 amide bonds. The molecule has 9 nitrogen and oxygen atoms in total. The zero-order valence-electron chi connectivity index (χ0n) is 20.2. The third kappa shape index (κ3) is 9.98. The molecule has 1 fully saturated rings. The van der Waals surface area contributed by atoms with Crippen LogP contribution in [-0.2, 0) is 9.53 Å². The van der Waals surface area contributed by atoms with Crippen molar-refractivity contribution in [3.05, 3.63) is 35.6 Å². The van der Waals surface area contributed by atoms with Crippen LogP contribution in [0.15, 0.2) is 24.3 Å². The van der Waals surface area contributed by atoms with Crippen molar-refractivity contribution in [2.45, 2.75) is 63.4 Å². The van der Waals surface area contributed by atoms with Crippen molar-refractivity contribution in [3.8, 4) is 0 Å². The summed E-state index contributed by atoms with van der Waals surface area (Å²) in [6.45, 7) is 2.56. The number of β-amino-alcohol motifs (C(OH)–C–C–N with tert-alkyl or cyclic N) is 1. The van der Waals surface area contributed by atoms with Crippen molar-refractivity contribution in [1.29, 1.82) is 0 Å². The summed E-state index contributed by atoms with van der Waals surface area (Å²) in [6, 6.07) is 4.34. The van der Waals surface area contributed by atoms with Gasteiger partial charge in [0.15, 0.2) is 0 Å². The number of nitrogens with two attached hydrogens (primary N) is 1. The molecule has 1 saturated heterocycles. The summed E-state index contributed by atoms with van der Waals surface area (Å²) in [4.78, 5) is 29.0. The Bertz CT molecular complexity index is 772. The number of aliphatic hydroxyl groups excluding tert-OH is 3. The molecule has 1 aliphatic rings. The number of carbonyl (C=O) groups excluding carboxylic acids is 2. The topological polar surface area (TPSA) is 137 Å². The van der Waals surface area contributed by atoms with Gasteiger partial charge < -0.3 is 35.6 Å². The number of hydrogen-bond donors (Lipinski definition) is 4. The zero-order chi connectivity index (χ0) is 25.1. The Morgan fingerprint density at radius 3 is 2.40 bits per heavy atom.